The number of amides is 2. The smallest absolute Gasteiger partial charge is 0.416 e. The number of carbonyl (C=O) groups excluding carboxylic acids is 1. The van der Waals surface area contributed by atoms with Crippen LogP contribution in [0.5, 0.6) is 5.75 Å². The van der Waals surface area contributed by atoms with E-state index in [0.29, 0.717) is 17.4 Å². The Bertz CT molecular complexity index is 1260. The normalized spacial score (nSPS) is 16.0. The third kappa shape index (κ3) is 7.31. The lowest BCUT2D eigenvalue weighted by Crippen LogP contribution is -2.53. The maximum atomic E-state index is 14.8. The van der Waals surface area contributed by atoms with Gasteiger partial charge in [-0.2, -0.15) is 13.2 Å². The van der Waals surface area contributed by atoms with Gasteiger partial charge in [0.15, 0.2) is 0 Å². The molecule has 1 unspecified atom stereocenters. The molecule has 2 N–H and O–H groups in total. The lowest BCUT2D eigenvalue weighted by Gasteiger charge is -2.37. The SMILES string of the molecule is CC(C)(C)Oc1ccc(C(Cc2ccccc2)(NC(=O)NC2CCCC2)c2cc(F)cc(C(F)(F)F)c2)cc1. The molecule has 0 radical (unpaired) electrons. The number of rotatable bonds is 7. The second-order valence-corrected chi connectivity index (χ2v) is 11.1. The molecular weight excluding hydrogens is 508 g/mol. The molecule has 0 bridgehead atoms. The van der Waals surface area contributed by atoms with E-state index in [2.05, 4.69) is 10.6 Å². The van der Waals surface area contributed by atoms with Crippen LogP contribution in [0.15, 0.2) is 72.8 Å². The number of ether oxygens (including phenoxy) is 1. The molecule has 0 saturated heterocycles. The van der Waals surface area contributed by atoms with Crippen LogP contribution in [0.3, 0.4) is 0 Å². The summed E-state index contributed by atoms with van der Waals surface area (Å²) < 4.78 is 62.2. The van der Waals surface area contributed by atoms with Crippen LogP contribution in [0, 0.1) is 5.82 Å². The van der Waals surface area contributed by atoms with E-state index in [4.69, 9.17) is 4.74 Å². The van der Waals surface area contributed by atoms with Crippen molar-refractivity contribution < 1.29 is 27.1 Å². The summed E-state index contributed by atoms with van der Waals surface area (Å²) in [5, 5.41) is 5.96. The van der Waals surface area contributed by atoms with E-state index in [9.17, 15) is 22.4 Å². The second-order valence-electron chi connectivity index (χ2n) is 11.1. The van der Waals surface area contributed by atoms with E-state index in [1.807, 2.05) is 51.1 Å². The van der Waals surface area contributed by atoms with Gasteiger partial charge in [0.2, 0.25) is 0 Å². The molecule has 1 aliphatic rings. The fraction of sp³-hybridized carbons (Fsp3) is 0.387. The van der Waals surface area contributed by atoms with E-state index in [1.165, 1.54) is 0 Å². The molecule has 4 rings (SSSR count). The molecule has 1 saturated carbocycles. The van der Waals surface area contributed by atoms with Crippen LogP contribution in [0.25, 0.3) is 0 Å². The van der Waals surface area contributed by atoms with Gasteiger partial charge in [-0.05, 0) is 80.6 Å². The molecule has 1 aliphatic carbocycles. The van der Waals surface area contributed by atoms with Crippen molar-refractivity contribution in [2.24, 2.45) is 0 Å². The third-order valence-corrected chi connectivity index (χ3v) is 6.82. The van der Waals surface area contributed by atoms with Gasteiger partial charge < -0.3 is 15.4 Å². The van der Waals surface area contributed by atoms with E-state index in [1.54, 1.807) is 24.3 Å². The molecule has 3 aromatic rings. The number of hydrogen-bond acceptors (Lipinski definition) is 2. The first kappa shape index (κ1) is 28.5. The fourth-order valence-corrected chi connectivity index (χ4v) is 5.11. The molecule has 0 aromatic heterocycles. The van der Waals surface area contributed by atoms with Crippen LogP contribution in [0.1, 0.15) is 68.7 Å². The molecule has 0 spiro atoms. The highest BCUT2D eigenvalue weighted by atomic mass is 19.4. The van der Waals surface area contributed by atoms with Crippen LogP contribution in [0.4, 0.5) is 22.4 Å². The molecule has 2 amide bonds. The average Bonchev–Trinajstić information content (AvgIpc) is 3.35. The Labute approximate surface area is 226 Å². The Morgan fingerprint density at radius 3 is 2.08 bits per heavy atom. The van der Waals surface area contributed by atoms with Crippen LogP contribution in [0.2, 0.25) is 0 Å². The maximum absolute atomic E-state index is 14.8. The highest BCUT2D eigenvalue weighted by molar-refractivity contribution is 5.76. The van der Waals surface area contributed by atoms with Crippen molar-refractivity contribution in [1.29, 1.82) is 0 Å². The van der Waals surface area contributed by atoms with Gasteiger partial charge >= 0.3 is 12.2 Å². The standard InChI is InChI=1S/C31H34F4N2O2/c1-29(2,3)39-27-15-13-22(14-16-27)30(20-21-9-5-4-6-10-21,37-28(38)36-26-11-7-8-12-26)23-17-24(31(33,34)35)19-25(32)18-23/h4-6,9-10,13-19,26H,7-8,11-12,20H2,1-3H3,(H2,36,37,38). The molecule has 8 heteroatoms. The topological polar surface area (TPSA) is 50.4 Å². The van der Waals surface area contributed by atoms with E-state index < -0.39 is 34.7 Å². The van der Waals surface area contributed by atoms with Crippen LogP contribution < -0.4 is 15.4 Å². The van der Waals surface area contributed by atoms with Gasteiger partial charge in [-0.15, -0.1) is 0 Å². The minimum atomic E-state index is -4.77. The third-order valence-electron chi connectivity index (χ3n) is 6.82. The van der Waals surface area contributed by atoms with Crippen molar-refractivity contribution in [2.75, 3.05) is 0 Å². The molecule has 1 atom stereocenters. The number of carbonyl (C=O) groups is 1. The van der Waals surface area contributed by atoms with Crippen molar-refractivity contribution in [2.45, 2.75) is 76.2 Å². The van der Waals surface area contributed by atoms with Crippen molar-refractivity contribution in [3.05, 3.63) is 101 Å². The molecular formula is C31H34F4N2O2. The minimum Gasteiger partial charge on any atom is -0.488 e. The van der Waals surface area contributed by atoms with Crippen LogP contribution in [-0.2, 0) is 18.1 Å². The Morgan fingerprint density at radius 1 is 0.872 bits per heavy atom. The molecule has 0 aliphatic heterocycles. The minimum absolute atomic E-state index is 0.00950. The highest BCUT2D eigenvalue weighted by Crippen LogP contribution is 2.39. The lowest BCUT2D eigenvalue weighted by atomic mass is 9.77. The van der Waals surface area contributed by atoms with Gasteiger partial charge in [0.25, 0.3) is 0 Å². The summed E-state index contributed by atoms with van der Waals surface area (Å²) in [5.74, 6) is -0.478. The molecule has 3 aromatic carbocycles. The summed E-state index contributed by atoms with van der Waals surface area (Å²) in [7, 11) is 0. The fourth-order valence-electron chi connectivity index (χ4n) is 5.11. The molecule has 0 heterocycles. The van der Waals surface area contributed by atoms with E-state index in [0.717, 1.165) is 43.4 Å². The van der Waals surface area contributed by atoms with Crippen molar-refractivity contribution in [1.82, 2.24) is 10.6 Å². The quantitative estimate of drug-likeness (QED) is 0.300. The summed E-state index contributed by atoms with van der Waals surface area (Å²) >= 11 is 0. The van der Waals surface area contributed by atoms with E-state index >= 15 is 0 Å². The predicted molar refractivity (Wildman–Crippen MR) is 143 cm³/mol. The number of benzene rings is 3. The van der Waals surface area contributed by atoms with Gasteiger partial charge in [0.05, 0.1) is 11.1 Å². The highest BCUT2D eigenvalue weighted by Gasteiger charge is 2.40. The van der Waals surface area contributed by atoms with Crippen molar-refractivity contribution in [3.63, 3.8) is 0 Å². The number of halogens is 4. The van der Waals surface area contributed by atoms with Gasteiger partial charge in [0, 0.05) is 12.5 Å². The first-order chi connectivity index (χ1) is 18.3. The molecule has 4 nitrogen and oxygen atoms in total. The summed E-state index contributed by atoms with van der Waals surface area (Å²) in [6, 6.07) is 17.8. The Kier molecular flexibility index (Phi) is 8.23. The monoisotopic (exact) mass is 542 g/mol. The van der Waals surface area contributed by atoms with Crippen molar-refractivity contribution >= 4 is 6.03 Å². The number of hydrogen-bond donors (Lipinski definition) is 2. The summed E-state index contributed by atoms with van der Waals surface area (Å²) in [4.78, 5) is 13.4. The Balaban J connectivity index is 1.88. The Hall–Kier alpha value is -3.55. The first-order valence-electron chi connectivity index (χ1n) is 13.1. The summed E-state index contributed by atoms with van der Waals surface area (Å²) in [6.45, 7) is 5.71. The molecule has 39 heavy (non-hydrogen) atoms. The lowest BCUT2D eigenvalue weighted by molar-refractivity contribution is -0.137. The average molecular weight is 543 g/mol. The van der Waals surface area contributed by atoms with E-state index in [-0.39, 0.29) is 18.0 Å². The molecule has 208 valence electrons. The predicted octanol–water partition coefficient (Wildman–Crippen LogP) is 7.75. The van der Waals surface area contributed by atoms with Gasteiger partial charge in [-0.1, -0.05) is 55.3 Å². The van der Waals surface area contributed by atoms with Gasteiger partial charge in [-0.25, -0.2) is 9.18 Å². The zero-order valence-electron chi connectivity index (χ0n) is 22.4. The summed E-state index contributed by atoms with van der Waals surface area (Å²) in [6.07, 6.45) is -1.04. The molecule has 1 fully saturated rings. The van der Waals surface area contributed by atoms with Crippen LogP contribution >= 0.6 is 0 Å². The van der Waals surface area contributed by atoms with Gasteiger partial charge in [-0.3, -0.25) is 0 Å². The zero-order valence-corrected chi connectivity index (χ0v) is 22.4. The zero-order chi connectivity index (χ0) is 28.3. The largest absolute Gasteiger partial charge is 0.488 e. The second kappa shape index (κ2) is 11.3. The Morgan fingerprint density at radius 2 is 1.49 bits per heavy atom. The van der Waals surface area contributed by atoms with Crippen molar-refractivity contribution in [3.8, 4) is 5.75 Å². The number of nitrogens with one attached hydrogen (secondary N) is 2. The first-order valence-corrected chi connectivity index (χ1v) is 13.1. The summed E-state index contributed by atoms with van der Waals surface area (Å²) in [5.41, 5.74) is -1.87. The number of urea groups is 1. The van der Waals surface area contributed by atoms with Gasteiger partial charge in [0.1, 0.15) is 17.2 Å². The van der Waals surface area contributed by atoms with Crippen LogP contribution in [-0.4, -0.2) is 17.7 Å². The number of alkyl halides is 3. The maximum Gasteiger partial charge on any atom is 0.416 e.